The van der Waals surface area contributed by atoms with Crippen LogP contribution in [0.25, 0.3) is 11.3 Å². The van der Waals surface area contributed by atoms with Gasteiger partial charge in [-0.1, -0.05) is 13.8 Å². The summed E-state index contributed by atoms with van der Waals surface area (Å²) in [5, 5.41) is 2.78. The smallest absolute Gasteiger partial charge is 0.260 e. The van der Waals surface area contributed by atoms with E-state index >= 15 is 0 Å². The van der Waals surface area contributed by atoms with Crippen LogP contribution >= 0.6 is 0 Å². The molecule has 0 bridgehead atoms. The molecule has 0 radical (unpaired) electrons. The zero-order valence-corrected chi connectivity index (χ0v) is 18.4. The van der Waals surface area contributed by atoms with Crippen molar-refractivity contribution in [1.82, 2.24) is 14.8 Å². The zero-order valence-electron chi connectivity index (χ0n) is 18.4. The van der Waals surface area contributed by atoms with Crippen LogP contribution in [0.15, 0.2) is 30.3 Å². The molecule has 1 N–H and O–H groups in total. The predicted octanol–water partition coefficient (Wildman–Crippen LogP) is 3.39. The van der Waals surface area contributed by atoms with Gasteiger partial charge in [-0.15, -0.1) is 0 Å². The molecule has 0 unspecified atom stereocenters. The lowest BCUT2D eigenvalue weighted by Crippen LogP contribution is -2.34. The number of rotatable bonds is 8. The zero-order chi connectivity index (χ0) is 22.0. The summed E-state index contributed by atoms with van der Waals surface area (Å²) >= 11 is 0. The lowest BCUT2D eigenvalue weighted by atomic mass is 10.0. The van der Waals surface area contributed by atoms with Crippen molar-refractivity contribution in [3.63, 3.8) is 0 Å². The molecular weight excluding hydrogens is 395 g/mol. The molecule has 6 nitrogen and oxygen atoms in total. The van der Waals surface area contributed by atoms with Crippen LogP contribution in [0, 0.1) is 5.82 Å². The summed E-state index contributed by atoms with van der Waals surface area (Å²) in [6, 6.07) is 8.24. The topological polar surface area (TPSA) is 57.7 Å². The van der Waals surface area contributed by atoms with E-state index < -0.39 is 0 Å². The number of nitrogens with one attached hydrogen (secondary N) is 1. The molecule has 164 valence electrons. The van der Waals surface area contributed by atoms with Crippen molar-refractivity contribution in [2.75, 3.05) is 45.1 Å². The summed E-state index contributed by atoms with van der Waals surface area (Å²) in [5.41, 5.74) is 4.14. The van der Waals surface area contributed by atoms with Gasteiger partial charge in [0.1, 0.15) is 18.2 Å². The van der Waals surface area contributed by atoms with Gasteiger partial charge in [0.2, 0.25) is 0 Å². The Kier molecular flexibility index (Phi) is 6.34. The molecule has 31 heavy (non-hydrogen) atoms. The number of ether oxygens (including phenoxy) is 1. The van der Waals surface area contributed by atoms with Crippen molar-refractivity contribution in [3.05, 3.63) is 58.7 Å². The summed E-state index contributed by atoms with van der Waals surface area (Å²) in [5.74, 6) is -0.181. The molecule has 7 heteroatoms. The van der Waals surface area contributed by atoms with E-state index in [0.717, 1.165) is 56.1 Å². The Hall–Kier alpha value is -2.77. The fraction of sp³-hybridized carbons (Fsp3) is 0.417. The Morgan fingerprint density at radius 3 is 2.68 bits per heavy atom. The molecule has 1 aromatic carbocycles. The monoisotopic (exact) mass is 424 g/mol. The van der Waals surface area contributed by atoms with Crippen molar-refractivity contribution in [2.45, 2.75) is 26.9 Å². The second-order valence-electron chi connectivity index (χ2n) is 8.01. The van der Waals surface area contributed by atoms with Gasteiger partial charge in [0.25, 0.3) is 5.91 Å². The predicted molar refractivity (Wildman–Crippen MR) is 120 cm³/mol. The molecule has 1 amide bonds. The van der Waals surface area contributed by atoms with Gasteiger partial charge in [-0.3, -0.25) is 9.78 Å². The quantitative estimate of drug-likeness (QED) is 0.659. The number of benzene rings is 1. The van der Waals surface area contributed by atoms with E-state index in [1.54, 1.807) is 6.07 Å². The molecule has 0 aliphatic carbocycles. The number of nitrogens with zero attached hydrogens (tertiary/aromatic N) is 3. The van der Waals surface area contributed by atoms with Gasteiger partial charge in [0.05, 0.1) is 11.3 Å². The number of anilines is 1. The first-order valence-electron chi connectivity index (χ1n) is 10.9. The average Bonchev–Trinajstić information content (AvgIpc) is 3.31. The lowest BCUT2D eigenvalue weighted by molar-refractivity contribution is -0.110. The Bertz CT molecular complexity index is 1020. The number of aromatic nitrogens is 1. The number of amides is 1. The van der Waals surface area contributed by atoms with Gasteiger partial charge >= 0.3 is 0 Å². The van der Waals surface area contributed by atoms with Crippen LogP contribution < -0.4 is 5.32 Å². The Balaban J connectivity index is 1.48. The van der Waals surface area contributed by atoms with E-state index in [1.807, 2.05) is 12.1 Å². The maximum atomic E-state index is 13.8. The van der Waals surface area contributed by atoms with Gasteiger partial charge in [0, 0.05) is 48.6 Å². The van der Waals surface area contributed by atoms with E-state index in [1.165, 1.54) is 12.1 Å². The number of pyridine rings is 1. The highest BCUT2D eigenvalue weighted by Crippen LogP contribution is 2.41. The molecular formula is C24H29FN4O2. The highest BCUT2D eigenvalue weighted by atomic mass is 19.1. The minimum atomic E-state index is -0.384. The summed E-state index contributed by atoms with van der Waals surface area (Å²) in [6.07, 6.45) is 0.850. The molecule has 2 aromatic rings. The molecule has 0 atom stereocenters. The van der Waals surface area contributed by atoms with Crippen molar-refractivity contribution < 1.29 is 13.9 Å². The number of fused-ring (bicyclic) bond motifs is 2. The van der Waals surface area contributed by atoms with Crippen molar-refractivity contribution >= 4 is 22.9 Å². The van der Waals surface area contributed by atoms with Crippen molar-refractivity contribution in [3.8, 4) is 0 Å². The third kappa shape index (κ3) is 4.48. The third-order valence-electron chi connectivity index (χ3n) is 6.03. The fourth-order valence-electron chi connectivity index (χ4n) is 4.06. The number of halogens is 1. The number of hydrogen-bond donors (Lipinski definition) is 1. The fourth-order valence-corrected chi connectivity index (χ4v) is 4.06. The molecule has 1 aromatic heterocycles. The van der Waals surface area contributed by atoms with Crippen LogP contribution in [0.3, 0.4) is 0 Å². The molecule has 0 saturated carbocycles. The number of carbonyl (C=O) groups is 1. The summed E-state index contributed by atoms with van der Waals surface area (Å²) < 4.78 is 19.6. The van der Waals surface area contributed by atoms with Crippen LogP contribution in [0.4, 0.5) is 10.1 Å². The molecule has 0 saturated heterocycles. The molecule has 0 fully saturated rings. The van der Waals surface area contributed by atoms with Gasteiger partial charge in [0.15, 0.2) is 0 Å². The van der Waals surface area contributed by atoms with Gasteiger partial charge < -0.3 is 19.9 Å². The number of likely N-dealkylation sites (N-methyl/N-ethyl adjacent to an activating group) is 2. The minimum absolute atomic E-state index is 0.276. The number of hydrogen-bond acceptors (Lipinski definition) is 5. The van der Waals surface area contributed by atoms with Crippen molar-refractivity contribution in [2.24, 2.45) is 0 Å². The normalized spacial score (nSPS) is 17.2. The largest absolute Gasteiger partial charge is 0.486 e. The number of carbonyl (C=O) groups excluding carboxylic acids is 1. The highest BCUT2D eigenvalue weighted by Gasteiger charge is 2.33. The van der Waals surface area contributed by atoms with E-state index in [2.05, 4.69) is 36.0 Å². The SMILES string of the molecule is CCN(CC)CCN(C)CCc1ccc2c(n1)CO/C2=C1\C(=O)Nc2ccc(F)cc21. The molecule has 0 spiro atoms. The van der Waals surface area contributed by atoms with E-state index in [0.29, 0.717) is 29.2 Å². The summed E-state index contributed by atoms with van der Waals surface area (Å²) in [7, 11) is 2.14. The van der Waals surface area contributed by atoms with Crippen LogP contribution in [-0.4, -0.2) is 60.5 Å². The van der Waals surface area contributed by atoms with E-state index in [4.69, 9.17) is 9.72 Å². The summed E-state index contributed by atoms with van der Waals surface area (Å²) in [6.45, 7) is 9.86. The van der Waals surface area contributed by atoms with Crippen LogP contribution in [0.2, 0.25) is 0 Å². The Labute approximate surface area is 182 Å². The average molecular weight is 425 g/mol. The van der Waals surface area contributed by atoms with Crippen LogP contribution in [0.1, 0.15) is 36.4 Å². The van der Waals surface area contributed by atoms with E-state index in [9.17, 15) is 9.18 Å². The van der Waals surface area contributed by atoms with Gasteiger partial charge in [-0.2, -0.15) is 0 Å². The first-order valence-corrected chi connectivity index (χ1v) is 10.9. The maximum absolute atomic E-state index is 13.8. The maximum Gasteiger partial charge on any atom is 0.260 e. The Morgan fingerprint density at radius 2 is 1.90 bits per heavy atom. The van der Waals surface area contributed by atoms with E-state index in [-0.39, 0.29) is 11.7 Å². The molecule has 2 aliphatic rings. The van der Waals surface area contributed by atoms with Crippen LogP contribution in [-0.2, 0) is 22.6 Å². The van der Waals surface area contributed by atoms with Crippen molar-refractivity contribution in [1.29, 1.82) is 0 Å². The molecule has 2 aliphatic heterocycles. The lowest BCUT2D eigenvalue weighted by Gasteiger charge is -2.22. The summed E-state index contributed by atoms with van der Waals surface area (Å²) in [4.78, 5) is 22.0. The van der Waals surface area contributed by atoms with Gasteiger partial charge in [-0.05, 0) is 50.5 Å². The first-order chi connectivity index (χ1) is 15.0. The standard InChI is InChI=1S/C24H29FN4O2/c1-4-29(5-2)13-12-28(3)11-10-17-7-8-18-21(26-17)15-31-23(18)22-19-14-16(25)6-9-20(19)27-24(22)30/h6-9,14H,4-5,10-13,15H2,1-3H3,(H,27,30)/b23-22-. The molecule has 4 rings (SSSR count). The minimum Gasteiger partial charge on any atom is -0.486 e. The van der Waals surface area contributed by atoms with Crippen LogP contribution in [0.5, 0.6) is 0 Å². The third-order valence-corrected chi connectivity index (χ3v) is 6.03. The second kappa shape index (κ2) is 9.16. The molecule has 3 heterocycles. The Morgan fingerprint density at radius 1 is 1.10 bits per heavy atom. The highest BCUT2D eigenvalue weighted by molar-refractivity contribution is 6.36. The first kappa shape index (κ1) is 21.5. The second-order valence-corrected chi connectivity index (χ2v) is 8.01. The van der Waals surface area contributed by atoms with Gasteiger partial charge in [-0.25, -0.2) is 4.39 Å².